The maximum Gasteiger partial charge on any atom is 0.464 e. The molecule has 0 bridgehead atoms. The number of hydrogen-bond acceptors (Lipinski definition) is 2. The predicted octanol–water partition coefficient (Wildman–Crippen LogP) is 6.94. The van der Waals surface area contributed by atoms with Crippen LogP contribution in [0.2, 0.25) is 0 Å². The Morgan fingerprint density at radius 2 is 0.913 bits per heavy atom. The summed E-state index contributed by atoms with van der Waals surface area (Å²) in [5.41, 5.74) is 0. The van der Waals surface area contributed by atoms with E-state index in [1.807, 2.05) is 0 Å². The van der Waals surface area contributed by atoms with Gasteiger partial charge in [-0.2, -0.15) is 43.9 Å². The summed E-state index contributed by atoms with van der Waals surface area (Å²) < 4.78 is 124. The van der Waals surface area contributed by atoms with Crippen molar-refractivity contribution in [2.45, 2.75) is 32.7 Å². The summed E-state index contributed by atoms with van der Waals surface area (Å²) in [6, 6.07) is 1.86. The largest absolute Gasteiger partial charge is 0.464 e. The summed E-state index contributed by atoms with van der Waals surface area (Å²) in [4.78, 5) is -1.66. The van der Waals surface area contributed by atoms with Crippen molar-refractivity contribution in [3.63, 3.8) is 0 Å². The normalized spacial score (nSPS) is 14.2. The number of alkyl halides is 10. The van der Waals surface area contributed by atoms with Crippen LogP contribution >= 0.6 is 39.5 Å². The molecule has 13 heteroatoms. The molecule has 1 rings (SSSR count). The number of hydrogen-bond donors (Lipinski definition) is 0. The van der Waals surface area contributed by atoms with E-state index in [0.29, 0.717) is 6.07 Å². The second-order valence-corrected chi connectivity index (χ2v) is 7.15. The second kappa shape index (κ2) is 6.54. The average molecular weight is 457 g/mol. The molecule has 0 fully saturated rings. The van der Waals surface area contributed by atoms with Crippen molar-refractivity contribution >= 4 is 39.5 Å². The number of halogens is 11. The first-order valence-electron chi connectivity index (χ1n) is 5.13. The fourth-order valence-electron chi connectivity index (χ4n) is 1.07. The summed E-state index contributed by atoms with van der Waals surface area (Å²) in [6.45, 7) is 0. The number of rotatable bonds is 4. The lowest BCUT2D eigenvalue weighted by atomic mass is 10.4. The van der Waals surface area contributed by atoms with Crippen LogP contribution in [0.4, 0.5) is 43.9 Å². The molecule has 0 nitrogen and oxygen atoms in total. The van der Waals surface area contributed by atoms with E-state index in [4.69, 9.17) is 0 Å². The van der Waals surface area contributed by atoms with Gasteiger partial charge in [0.05, 0.1) is 0 Å². The summed E-state index contributed by atoms with van der Waals surface area (Å²) in [5, 5.41) is -10.5. The van der Waals surface area contributed by atoms with Crippen LogP contribution < -0.4 is 0 Å². The molecule has 0 atom stereocenters. The molecule has 0 aromatic heterocycles. The molecule has 0 heterocycles. The van der Waals surface area contributed by atoms with Crippen LogP contribution in [0.5, 0.6) is 0 Å². The highest BCUT2D eigenvalue weighted by atomic mass is 79.9. The minimum Gasteiger partial charge on any atom is -0.183 e. The van der Waals surface area contributed by atoms with Gasteiger partial charge < -0.3 is 0 Å². The highest BCUT2D eigenvalue weighted by molar-refractivity contribution is 9.10. The Labute approximate surface area is 139 Å². The SMILES string of the molecule is FC(F)(F)C(F)(F)Sc1cc(Br)cc(SC(F)(F)C(F)(F)F)c1. The predicted molar refractivity (Wildman–Crippen MR) is 67.9 cm³/mol. The van der Waals surface area contributed by atoms with Crippen molar-refractivity contribution in [2.24, 2.45) is 0 Å². The molecule has 132 valence electrons. The lowest BCUT2D eigenvalue weighted by Gasteiger charge is -2.21. The van der Waals surface area contributed by atoms with Gasteiger partial charge in [-0.1, -0.05) is 15.9 Å². The van der Waals surface area contributed by atoms with Crippen molar-refractivity contribution in [3.05, 3.63) is 22.7 Å². The van der Waals surface area contributed by atoms with E-state index in [2.05, 4.69) is 15.9 Å². The van der Waals surface area contributed by atoms with E-state index in [0.717, 1.165) is 12.1 Å². The summed E-state index contributed by atoms with van der Waals surface area (Å²) in [6.07, 6.45) is -11.8. The highest BCUT2D eigenvalue weighted by Crippen LogP contribution is 2.51. The van der Waals surface area contributed by atoms with Crippen molar-refractivity contribution in [2.75, 3.05) is 0 Å². The minimum absolute atomic E-state index is 0.235. The smallest absolute Gasteiger partial charge is 0.183 e. The van der Waals surface area contributed by atoms with E-state index in [9.17, 15) is 43.9 Å². The third-order valence-electron chi connectivity index (χ3n) is 2.00. The molecule has 0 unspecified atom stereocenters. The van der Waals surface area contributed by atoms with Crippen molar-refractivity contribution in [1.82, 2.24) is 0 Å². The maximum atomic E-state index is 12.9. The Hall–Kier alpha value is -0.300. The second-order valence-electron chi connectivity index (χ2n) is 3.86. The van der Waals surface area contributed by atoms with Gasteiger partial charge in [0.1, 0.15) is 0 Å². The van der Waals surface area contributed by atoms with Gasteiger partial charge in [0.2, 0.25) is 0 Å². The standard InChI is InChI=1S/C10H3BrF10S2/c11-4-1-5(22-9(18,19)7(12,13)14)3-6(2-4)23-10(20,21)8(15,16)17/h1-3H. The molecule has 0 aliphatic carbocycles. The Kier molecular flexibility index (Phi) is 5.90. The minimum atomic E-state index is -5.91. The Morgan fingerprint density at radius 3 is 1.17 bits per heavy atom. The molecular formula is C10H3BrF10S2. The van der Waals surface area contributed by atoms with Gasteiger partial charge in [-0.3, -0.25) is 0 Å². The molecule has 0 N–H and O–H groups in total. The van der Waals surface area contributed by atoms with E-state index in [1.54, 1.807) is 0 Å². The van der Waals surface area contributed by atoms with Crippen LogP contribution in [-0.4, -0.2) is 22.9 Å². The van der Waals surface area contributed by atoms with Gasteiger partial charge in [0, 0.05) is 14.3 Å². The zero-order valence-corrected chi connectivity index (χ0v) is 13.4. The molecule has 0 radical (unpaired) electrons. The van der Waals surface area contributed by atoms with Crippen LogP contribution in [-0.2, 0) is 0 Å². The topological polar surface area (TPSA) is 0 Å². The van der Waals surface area contributed by atoms with Crippen LogP contribution in [0, 0.1) is 0 Å². The van der Waals surface area contributed by atoms with Crippen molar-refractivity contribution in [3.8, 4) is 0 Å². The van der Waals surface area contributed by atoms with Crippen LogP contribution in [0.3, 0.4) is 0 Å². The molecule has 23 heavy (non-hydrogen) atoms. The Morgan fingerprint density at radius 1 is 0.609 bits per heavy atom. The first-order valence-corrected chi connectivity index (χ1v) is 7.55. The molecule has 0 aliphatic rings. The van der Waals surface area contributed by atoms with Crippen LogP contribution in [0.15, 0.2) is 32.5 Å². The molecule has 0 amide bonds. The van der Waals surface area contributed by atoms with E-state index >= 15 is 0 Å². The summed E-state index contributed by atoms with van der Waals surface area (Å²) in [7, 11) is 0. The highest BCUT2D eigenvalue weighted by Gasteiger charge is 2.59. The molecular weight excluding hydrogens is 454 g/mol. The quantitative estimate of drug-likeness (QED) is 0.355. The zero-order chi connectivity index (χ0) is 18.3. The molecule has 0 aliphatic heterocycles. The average Bonchev–Trinajstić information content (AvgIpc) is 2.22. The van der Waals surface area contributed by atoms with Gasteiger partial charge in [0.25, 0.3) is 0 Å². The van der Waals surface area contributed by atoms with Crippen molar-refractivity contribution in [1.29, 1.82) is 0 Å². The van der Waals surface area contributed by atoms with E-state index < -0.39 is 56.2 Å². The van der Waals surface area contributed by atoms with Gasteiger partial charge in [-0.05, 0) is 41.7 Å². The zero-order valence-electron chi connectivity index (χ0n) is 10.2. The van der Waals surface area contributed by atoms with Crippen LogP contribution in [0.1, 0.15) is 0 Å². The van der Waals surface area contributed by atoms with Gasteiger partial charge in [-0.15, -0.1) is 0 Å². The summed E-state index contributed by atoms with van der Waals surface area (Å²) >= 11 is 0.624. The number of thioether (sulfide) groups is 2. The lowest BCUT2D eigenvalue weighted by Crippen LogP contribution is -2.33. The first kappa shape index (κ1) is 20.7. The third kappa shape index (κ3) is 5.34. The number of benzene rings is 1. The Bertz CT molecular complexity index is 519. The van der Waals surface area contributed by atoms with Gasteiger partial charge in [0.15, 0.2) is 0 Å². The molecule has 1 aromatic carbocycles. The van der Waals surface area contributed by atoms with E-state index in [-0.39, 0.29) is 4.47 Å². The maximum absolute atomic E-state index is 12.9. The summed E-state index contributed by atoms with van der Waals surface area (Å²) in [5.74, 6) is 0. The molecule has 0 spiro atoms. The fraction of sp³-hybridized carbons (Fsp3) is 0.400. The molecule has 1 aromatic rings. The third-order valence-corrected chi connectivity index (χ3v) is 4.37. The lowest BCUT2D eigenvalue weighted by molar-refractivity contribution is -0.237. The van der Waals surface area contributed by atoms with Crippen LogP contribution in [0.25, 0.3) is 0 Å². The van der Waals surface area contributed by atoms with Gasteiger partial charge >= 0.3 is 22.9 Å². The van der Waals surface area contributed by atoms with Crippen molar-refractivity contribution < 1.29 is 43.9 Å². The van der Waals surface area contributed by atoms with E-state index in [1.165, 1.54) is 0 Å². The molecule has 0 saturated carbocycles. The Balaban J connectivity index is 3.10. The molecule has 0 saturated heterocycles. The monoisotopic (exact) mass is 456 g/mol. The first-order chi connectivity index (χ1) is 10.1. The fourth-order valence-corrected chi connectivity index (χ4v) is 3.50. The van der Waals surface area contributed by atoms with Gasteiger partial charge in [-0.25, -0.2) is 0 Å².